The predicted octanol–water partition coefficient (Wildman–Crippen LogP) is 5.24. The van der Waals surface area contributed by atoms with Crippen LogP contribution in [0.25, 0.3) is 0 Å². The van der Waals surface area contributed by atoms with Crippen molar-refractivity contribution in [2.24, 2.45) is 0 Å². The molecule has 118 valence electrons. The van der Waals surface area contributed by atoms with Gasteiger partial charge in [-0.1, -0.05) is 39.8 Å². The third-order valence-corrected chi connectivity index (χ3v) is 9.29. The van der Waals surface area contributed by atoms with Gasteiger partial charge in [-0.25, -0.2) is 9.78 Å². The molecule has 0 bridgehead atoms. The Kier molecular flexibility index (Phi) is 4.26. The maximum Gasteiger partial charge on any atom is 0.250 e. The summed E-state index contributed by atoms with van der Waals surface area (Å²) in [7, 11) is -1.81. The molecular weight excluding hydrogens is 280 g/mol. The van der Waals surface area contributed by atoms with Crippen LogP contribution in [-0.4, -0.2) is 13.9 Å². The van der Waals surface area contributed by atoms with E-state index in [1.807, 2.05) is 12.1 Å². The highest BCUT2D eigenvalue weighted by Gasteiger charge is 2.47. The maximum absolute atomic E-state index is 6.37. The Hall–Kier alpha value is -0.843. The lowest BCUT2D eigenvalue weighted by Crippen LogP contribution is -2.47. The van der Waals surface area contributed by atoms with Gasteiger partial charge in [-0.2, -0.15) is 0 Å². The van der Waals surface area contributed by atoms with Crippen LogP contribution in [0, 0.1) is 0 Å². The molecular formula is C17H28O3Si. The second kappa shape index (κ2) is 5.41. The van der Waals surface area contributed by atoms with Crippen molar-refractivity contribution >= 4 is 8.32 Å². The first-order valence-corrected chi connectivity index (χ1v) is 10.6. The number of hydrogen-bond donors (Lipinski definition) is 0. The molecule has 0 radical (unpaired) electrons. The molecule has 2 rings (SSSR count). The zero-order chi connectivity index (χ0) is 15.9. The second-order valence-corrected chi connectivity index (χ2v) is 12.4. The molecule has 0 amide bonds. The van der Waals surface area contributed by atoms with E-state index in [1.165, 1.54) is 0 Å². The third-order valence-electron chi connectivity index (χ3n) is 4.93. The Bertz CT molecular complexity index is 503. The molecule has 1 aromatic carbocycles. The molecule has 1 fully saturated rings. The quantitative estimate of drug-likeness (QED) is 0.562. The first-order chi connectivity index (χ1) is 9.59. The van der Waals surface area contributed by atoms with E-state index < -0.39 is 8.32 Å². The zero-order valence-electron chi connectivity index (χ0n) is 14.3. The van der Waals surface area contributed by atoms with Gasteiger partial charge in [0.1, 0.15) is 17.5 Å². The Balaban J connectivity index is 2.20. The first-order valence-electron chi connectivity index (χ1n) is 7.72. The summed E-state index contributed by atoms with van der Waals surface area (Å²) in [6.07, 6.45) is 0.913. The van der Waals surface area contributed by atoms with Crippen LogP contribution in [0.15, 0.2) is 24.3 Å². The summed E-state index contributed by atoms with van der Waals surface area (Å²) < 4.78 is 6.37. The van der Waals surface area contributed by atoms with E-state index in [0.29, 0.717) is 0 Å². The van der Waals surface area contributed by atoms with Gasteiger partial charge in [-0.05, 0) is 49.2 Å². The molecule has 2 unspecified atom stereocenters. The molecule has 1 aliphatic heterocycles. The Labute approximate surface area is 129 Å². The van der Waals surface area contributed by atoms with Crippen LogP contribution in [0.1, 0.15) is 52.7 Å². The zero-order valence-corrected chi connectivity index (χ0v) is 15.3. The summed E-state index contributed by atoms with van der Waals surface area (Å²) in [6.45, 7) is 15.5. The minimum Gasteiger partial charge on any atom is -0.543 e. The van der Waals surface area contributed by atoms with E-state index in [4.69, 9.17) is 14.2 Å². The van der Waals surface area contributed by atoms with Gasteiger partial charge in [0, 0.05) is 0 Å². The third kappa shape index (κ3) is 3.17. The summed E-state index contributed by atoms with van der Waals surface area (Å²) in [5, 5.41) is 0.191. The van der Waals surface area contributed by atoms with E-state index in [-0.39, 0.29) is 16.7 Å². The van der Waals surface area contributed by atoms with E-state index in [2.05, 4.69) is 59.8 Å². The van der Waals surface area contributed by atoms with Gasteiger partial charge in [0.25, 0.3) is 0 Å². The van der Waals surface area contributed by atoms with Crippen LogP contribution in [-0.2, 0) is 9.78 Å². The first kappa shape index (κ1) is 16.5. The van der Waals surface area contributed by atoms with Crippen molar-refractivity contribution in [3.05, 3.63) is 29.8 Å². The van der Waals surface area contributed by atoms with Crippen LogP contribution >= 0.6 is 0 Å². The van der Waals surface area contributed by atoms with Crippen LogP contribution in [0.5, 0.6) is 5.75 Å². The molecule has 0 aliphatic carbocycles. The minimum absolute atomic E-state index is 0.00883. The monoisotopic (exact) mass is 308 g/mol. The highest BCUT2D eigenvalue weighted by Crippen LogP contribution is 2.45. The Morgan fingerprint density at radius 2 is 1.95 bits per heavy atom. The van der Waals surface area contributed by atoms with E-state index in [0.717, 1.165) is 17.7 Å². The molecule has 21 heavy (non-hydrogen) atoms. The number of hydrogen-bond acceptors (Lipinski definition) is 3. The lowest BCUT2D eigenvalue weighted by molar-refractivity contribution is -0.511. The molecule has 1 aliphatic rings. The normalized spacial score (nSPS) is 26.3. The average Bonchev–Trinajstić information content (AvgIpc) is 2.35. The fourth-order valence-corrected chi connectivity index (χ4v) is 3.12. The predicted molar refractivity (Wildman–Crippen MR) is 87.9 cm³/mol. The van der Waals surface area contributed by atoms with E-state index >= 15 is 0 Å². The molecule has 0 saturated carbocycles. The van der Waals surface area contributed by atoms with Crippen LogP contribution in [0.2, 0.25) is 18.1 Å². The second-order valence-electron chi connectivity index (χ2n) is 7.66. The highest BCUT2D eigenvalue weighted by molar-refractivity contribution is 6.74. The molecule has 2 atom stereocenters. The summed E-state index contributed by atoms with van der Waals surface area (Å²) >= 11 is 0. The van der Waals surface area contributed by atoms with E-state index in [1.54, 1.807) is 0 Å². The molecule has 1 saturated heterocycles. The van der Waals surface area contributed by atoms with Gasteiger partial charge in [0.05, 0.1) is 0 Å². The topological polar surface area (TPSA) is 27.7 Å². The van der Waals surface area contributed by atoms with Gasteiger partial charge in [0.2, 0.25) is 8.32 Å². The largest absolute Gasteiger partial charge is 0.543 e. The smallest absolute Gasteiger partial charge is 0.250 e. The van der Waals surface area contributed by atoms with Crippen molar-refractivity contribution in [1.82, 2.24) is 0 Å². The fourth-order valence-electron chi connectivity index (χ4n) is 2.10. The summed E-state index contributed by atoms with van der Waals surface area (Å²) in [5.74, 6) is 0.938. The van der Waals surface area contributed by atoms with Crippen LogP contribution < -0.4 is 4.43 Å². The van der Waals surface area contributed by atoms with Gasteiger partial charge in [0.15, 0.2) is 0 Å². The molecule has 1 aromatic rings. The average molecular weight is 308 g/mol. The number of rotatable bonds is 4. The summed E-state index contributed by atoms with van der Waals surface area (Å²) in [6, 6.07) is 8.25. The Morgan fingerprint density at radius 1 is 1.29 bits per heavy atom. The van der Waals surface area contributed by atoms with Gasteiger partial charge in [-0.3, -0.25) is 0 Å². The van der Waals surface area contributed by atoms with Gasteiger partial charge < -0.3 is 4.43 Å². The van der Waals surface area contributed by atoms with Crippen LogP contribution in [0.3, 0.4) is 0 Å². The van der Waals surface area contributed by atoms with Crippen molar-refractivity contribution in [3.8, 4) is 5.75 Å². The van der Waals surface area contributed by atoms with Crippen molar-refractivity contribution in [2.45, 2.75) is 70.9 Å². The lowest BCUT2D eigenvalue weighted by atomic mass is 9.89. The summed E-state index contributed by atoms with van der Waals surface area (Å²) in [5.41, 5.74) is 0.900. The number of benzene rings is 1. The maximum atomic E-state index is 6.37. The molecule has 3 nitrogen and oxygen atoms in total. The lowest BCUT2D eigenvalue weighted by Gasteiger charge is -2.44. The molecule has 4 heteroatoms. The minimum atomic E-state index is -1.81. The van der Waals surface area contributed by atoms with Gasteiger partial charge >= 0.3 is 0 Å². The van der Waals surface area contributed by atoms with Crippen molar-refractivity contribution in [1.29, 1.82) is 0 Å². The van der Waals surface area contributed by atoms with Crippen LogP contribution in [0.4, 0.5) is 0 Å². The standard InChI is InChI=1S/C17H28O3Si/c1-8-17(5)15(18-20-17)13-10-9-11-14(12-13)19-21(6,7)16(2,3)4/h9-12,15H,8H2,1-7H3. The molecule has 1 heterocycles. The van der Waals surface area contributed by atoms with Crippen molar-refractivity contribution in [3.63, 3.8) is 0 Å². The molecule has 0 spiro atoms. The molecule has 0 aromatic heterocycles. The van der Waals surface area contributed by atoms with Gasteiger partial charge in [-0.15, -0.1) is 0 Å². The van der Waals surface area contributed by atoms with E-state index in [9.17, 15) is 0 Å². The van der Waals surface area contributed by atoms with Crippen molar-refractivity contribution in [2.75, 3.05) is 0 Å². The SMILES string of the molecule is CCC1(C)OOC1c1cccc(O[Si](C)(C)C(C)(C)C)c1. The highest BCUT2D eigenvalue weighted by atomic mass is 28.4. The fraction of sp³-hybridized carbons (Fsp3) is 0.647. The summed E-state index contributed by atoms with van der Waals surface area (Å²) in [4.78, 5) is 10.6. The molecule has 0 N–H and O–H groups in total. The Morgan fingerprint density at radius 3 is 2.43 bits per heavy atom. The van der Waals surface area contributed by atoms with Crippen molar-refractivity contribution < 1.29 is 14.2 Å².